The van der Waals surface area contributed by atoms with Gasteiger partial charge in [-0.25, -0.2) is 13.6 Å². The van der Waals surface area contributed by atoms with E-state index in [1.165, 1.54) is 4.90 Å². The van der Waals surface area contributed by atoms with Crippen LogP contribution in [0.25, 0.3) is 0 Å². The SMILES string of the molecule is NC(=O)N1CCC(Nc2c(F)cc(F)cc2[N+](=O)[O-])CC1. The van der Waals surface area contributed by atoms with Crippen LogP contribution in [0.4, 0.5) is 25.0 Å². The van der Waals surface area contributed by atoms with Crippen molar-refractivity contribution in [2.45, 2.75) is 18.9 Å². The quantitative estimate of drug-likeness (QED) is 0.656. The van der Waals surface area contributed by atoms with E-state index in [-0.39, 0.29) is 11.7 Å². The first-order valence-corrected chi connectivity index (χ1v) is 6.33. The van der Waals surface area contributed by atoms with Crippen molar-refractivity contribution in [2.75, 3.05) is 18.4 Å². The smallest absolute Gasteiger partial charge is 0.314 e. The van der Waals surface area contributed by atoms with E-state index in [9.17, 15) is 23.7 Å². The van der Waals surface area contributed by atoms with Gasteiger partial charge < -0.3 is 16.0 Å². The summed E-state index contributed by atoms with van der Waals surface area (Å²) in [5.74, 6) is -2.02. The number of amides is 2. The number of hydrogen-bond acceptors (Lipinski definition) is 4. The van der Waals surface area contributed by atoms with Gasteiger partial charge in [-0.15, -0.1) is 0 Å². The number of hydrogen-bond donors (Lipinski definition) is 2. The number of urea groups is 1. The van der Waals surface area contributed by atoms with Crippen LogP contribution >= 0.6 is 0 Å². The Hall–Kier alpha value is -2.45. The predicted molar refractivity (Wildman–Crippen MR) is 70.8 cm³/mol. The second-order valence-corrected chi connectivity index (χ2v) is 4.78. The van der Waals surface area contributed by atoms with Crippen LogP contribution in [0.15, 0.2) is 12.1 Å². The van der Waals surface area contributed by atoms with Crippen LogP contribution in [-0.2, 0) is 0 Å². The average molecular weight is 300 g/mol. The Labute approximate surface area is 118 Å². The molecule has 1 aliphatic heterocycles. The fourth-order valence-corrected chi connectivity index (χ4v) is 2.30. The summed E-state index contributed by atoms with van der Waals surface area (Å²) in [6.07, 6.45) is 0.938. The molecule has 0 aliphatic carbocycles. The standard InChI is InChI=1S/C12H14F2N4O3/c13-7-5-9(14)11(10(6-7)18(20)21)16-8-1-3-17(4-2-8)12(15)19/h5-6,8,16H,1-4H2,(H2,15,19). The third-order valence-corrected chi connectivity index (χ3v) is 3.39. The van der Waals surface area contributed by atoms with Crippen LogP contribution in [0.1, 0.15) is 12.8 Å². The number of rotatable bonds is 3. The summed E-state index contributed by atoms with van der Waals surface area (Å²) in [5.41, 5.74) is 4.16. The Balaban J connectivity index is 2.14. The Kier molecular flexibility index (Phi) is 4.20. The zero-order valence-electron chi connectivity index (χ0n) is 11.0. The van der Waals surface area contributed by atoms with Gasteiger partial charge in [0.2, 0.25) is 0 Å². The second-order valence-electron chi connectivity index (χ2n) is 4.78. The van der Waals surface area contributed by atoms with Gasteiger partial charge in [0.15, 0.2) is 5.82 Å². The fourth-order valence-electron chi connectivity index (χ4n) is 2.30. The molecule has 0 aromatic heterocycles. The van der Waals surface area contributed by atoms with Crippen molar-refractivity contribution in [3.8, 4) is 0 Å². The summed E-state index contributed by atoms with van der Waals surface area (Å²) >= 11 is 0. The number of benzene rings is 1. The van der Waals surface area contributed by atoms with Gasteiger partial charge in [-0.1, -0.05) is 0 Å². The second kappa shape index (κ2) is 5.90. The average Bonchev–Trinajstić information content (AvgIpc) is 2.41. The maximum atomic E-state index is 13.7. The lowest BCUT2D eigenvalue weighted by Gasteiger charge is -2.31. The highest BCUT2D eigenvalue weighted by atomic mass is 19.1. The molecule has 2 amide bonds. The van der Waals surface area contributed by atoms with E-state index in [0.29, 0.717) is 38.1 Å². The van der Waals surface area contributed by atoms with E-state index < -0.39 is 28.3 Å². The van der Waals surface area contributed by atoms with Gasteiger partial charge >= 0.3 is 6.03 Å². The number of anilines is 1. The lowest BCUT2D eigenvalue weighted by Crippen LogP contribution is -2.44. The zero-order valence-corrected chi connectivity index (χ0v) is 11.0. The molecule has 114 valence electrons. The number of likely N-dealkylation sites (tertiary alicyclic amines) is 1. The number of carbonyl (C=O) groups excluding carboxylic acids is 1. The van der Waals surface area contributed by atoms with Crippen molar-refractivity contribution in [1.82, 2.24) is 4.90 Å². The minimum Gasteiger partial charge on any atom is -0.374 e. The van der Waals surface area contributed by atoms with E-state index >= 15 is 0 Å². The van der Waals surface area contributed by atoms with Crippen LogP contribution in [0.5, 0.6) is 0 Å². The highest BCUT2D eigenvalue weighted by Gasteiger charge is 2.26. The maximum absolute atomic E-state index is 13.7. The Morgan fingerprint density at radius 1 is 1.38 bits per heavy atom. The molecule has 0 atom stereocenters. The number of nitrogens with two attached hydrogens (primary N) is 1. The van der Waals surface area contributed by atoms with E-state index in [2.05, 4.69) is 5.32 Å². The lowest BCUT2D eigenvalue weighted by atomic mass is 10.0. The molecule has 7 nitrogen and oxygen atoms in total. The van der Waals surface area contributed by atoms with Crippen LogP contribution in [0.2, 0.25) is 0 Å². The molecule has 1 saturated heterocycles. The van der Waals surface area contributed by atoms with E-state index in [0.717, 1.165) is 0 Å². The molecule has 0 radical (unpaired) electrons. The van der Waals surface area contributed by atoms with E-state index in [1.807, 2.05) is 0 Å². The largest absolute Gasteiger partial charge is 0.374 e. The van der Waals surface area contributed by atoms with E-state index in [1.54, 1.807) is 0 Å². The minimum absolute atomic E-state index is 0.251. The molecule has 0 bridgehead atoms. The van der Waals surface area contributed by atoms with Crippen molar-refractivity contribution in [3.05, 3.63) is 33.9 Å². The van der Waals surface area contributed by atoms with Gasteiger partial charge in [0.05, 0.1) is 11.0 Å². The van der Waals surface area contributed by atoms with Crippen molar-refractivity contribution >= 4 is 17.4 Å². The van der Waals surface area contributed by atoms with Gasteiger partial charge in [-0.3, -0.25) is 10.1 Å². The van der Waals surface area contributed by atoms with Crippen molar-refractivity contribution in [1.29, 1.82) is 0 Å². The molecular formula is C12H14F2N4O3. The molecular weight excluding hydrogens is 286 g/mol. The van der Waals surface area contributed by atoms with Gasteiger partial charge in [0.25, 0.3) is 5.69 Å². The summed E-state index contributed by atoms with van der Waals surface area (Å²) in [5, 5.41) is 13.6. The van der Waals surface area contributed by atoms with Crippen LogP contribution in [0.3, 0.4) is 0 Å². The summed E-state index contributed by atoms with van der Waals surface area (Å²) in [4.78, 5) is 22.5. The molecule has 1 heterocycles. The molecule has 3 N–H and O–H groups in total. The van der Waals surface area contributed by atoms with Gasteiger partial charge in [-0.2, -0.15) is 0 Å². The molecule has 2 rings (SSSR count). The molecule has 1 aromatic carbocycles. The first kappa shape index (κ1) is 14.9. The topological polar surface area (TPSA) is 102 Å². The third-order valence-electron chi connectivity index (χ3n) is 3.39. The summed E-state index contributed by atoms with van der Waals surface area (Å²) in [6, 6.07) is 0.476. The fraction of sp³-hybridized carbons (Fsp3) is 0.417. The van der Waals surface area contributed by atoms with Crippen LogP contribution < -0.4 is 11.1 Å². The number of carbonyl (C=O) groups is 1. The first-order chi connectivity index (χ1) is 9.88. The number of nitrogens with one attached hydrogen (secondary N) is 1. The molecule has 9 heteroatoms. The van der Waals surface area contributed by atoms with E-state index in [4.69, 9.17) is 5.73 Å². The number of nitro groups is 1. The van der Waals surface area contributed by atoms with Gasteiger partial charge in [0.1, 0.15) is 11.5 Å². The third kappa shape index (κ3) is 3.36. The number of primary amides is 1. The van der Waals surface area contributed by atoms with Crippen molar-refractivity contribution in [3.63, 3.8) is 0 Å². The van der Waals surface area contributed by atoms with Crippen LogP contribution in [0, 0.1) is 21.7 Å². The van der Waals surface area contributed by atoms with Crippen molar-refractivity contribution < 1.29 is 18.5 Å². The highest BCUT2D eigenvalue weighted by molar-refractivity contribution is 5.72. The number of nitro benzene ring substituents is 1. The Bertz CT molecular complexity index is 574. The molecule has 0 saturated carbocycles. The molecule has 0 spiro atoms. The normalized spacial score (nSPS) is 15.8. The highest BCUT2D eigenvalue weighted by Crippen LogP contribution is 2.30. The molecule has 0 unspecified atom stereocenters. The molecule has 21 heavy (non-hydrogen) atoms. The monoisotopic (exact) mass is 300 g/mol. The lowest BCUT2D eigenvalue weighted by molar-refractivity contribution is -0.384. The zero-order chi connectivity index (χ0) is 15.6. The minimum atomic E-state index is -1.01. The Morgan fingerprint density at radius 3 is 2.52 bits per heavy atom. The predicted octanol–water partition coefficient (Wildman–Crippen LogP) is 1.83. The summed E-state index contributed by atoms with van der Waals surface area (Å²) in [7, 11) is 0. The first-order valence-electron chi connectivity index (χ1n) is 6.33. The summed E-state index contributed by atoms with van der Waals surface area (Å²) in [6.45, 7) is 0.757. The maximum Gasteiger partial charge on any atom is 0.314 e. The molecule has 1 aliphatic rings. The Morgan fingerprint density at radius 2 is 2.00 bits per heavy atom. The number of halogens is 2. The van der Waals surface area contributed by atoms with Crippen molar-refractivity contribution in [2.24, 2.45) is 5.73 Å². The summed E-state index contributed by atoms with van der Waals surface area (Å²) < 4.78 is 26.8. The van der Waals surface area contributed by atoms with Crippen LogP contribution in [-0.4, -0.2) is 35.0 Å². The number of nitrogens with zero attached hydrogens (tertiary/aromatic N) is 2. The van der Waals surface area contributed by atoms with Gasteiger partial charge in [0, 0.05) is 25.2 Å². The molecule has 1 fully saturated rings. The number of piperidine rings is 1. The molecule has 1 aromatic rings. The van der Waals surface area contributed by atoms with Gasteiger partial charge in [-0.05, 0) is 12.8 Å².